The van der Waals surface area contributed by atoms with Crippen LogP contribution in [0.3, 0.4) is 0 Å². The van der Waals surface area contributed by atoms with Crippen molar-refractivity contribution in [3.05, 3.63) is 194 Å². The Labute approximate surface area is 280 Å². The Morgan fingerprint density at radius 2 is 0.938 bits per heavy atom. The van der Waals surface area contributed by atoms with Crippen LogP contribution in [-0.2, 0) is 0 Å². The molecule has 0 atom stereocenters. The quantitative estimate of drug-likeness (QED) is 0.181. The molecule has 0 bridgehead atoms. The fraction of sp³-hybridized carbons (Fsp3) is 0. The lowest BCUT2D eigenvalue weighted by Crippen LogP contribution is -2.11. The molecule has 0 fully saturated rings. The fourth-order valence-electron chi connectivity index (χ4n) is 7.15. The van der Waals surface area contributed by atoms with Gasteiger partial charge in [-0.2, -0.15) is 0 Å². The first-order valence-corrected chi connectivity index (χ1v) is 16.4. The Morgan fingerprint density at radius 1 is 0.354 bits per heavy atom. The second-order valence-electron chi connectivity index (χ2n) is 12.2. The number of fused-ring (bicyclic) bond motifs is 4. The van der Waals surface area contributed by atoms with Crippen molar-refractivity contribution < 1.29 is 0 Å². The molecule has 0 unspecified atom stereocenters. The summed E-state index contributed by atoms with van der Waals surface area (Å²) in [6.45, 7) is 0. The van der Waals surface area contributed by atoms with Crippen LogP contribution in [0.4, 0.5) is 17.1 Å². The molecular formula is C46H32N2. The molecular weight excluding hydrogens is 581 g/mol. The van der Waals surface area contributed by atoms with Crippen molar-refractivity contribution in [1.29, 1.82) is 0 Å². The molecule has 1 heterocycles. The van der Waals surface area contributed by atoms with Gasteiger partial charge in [0.15, 0.2) is 0 Å². The van der Waals surface area contributed by atoms with Crippen molar-refractivity contribution in [2.45, 2.75) is 0 Å². The van der Waals surface area contributed by atoms with E-state index in [2.05, 4.69) is 204 Å². The number of anilines is 3. The number of nitrogens with zero attached hydrogens (tertiary/aromatic N) is 2. The van der Waals surface area contributed by atoms with E-state index in [0.29, 0.717) is 0 Å². The minimum atomic E-state index is 1.13. The number of para-hydroxylation sites is 4. The maximum absolute atomic E-state index is 2.39. The molecule has 2 heteroatoms. The summed E-state index contributed by atoms with van der Waals surface area (Å²) >= 11 is 0. The molecule has 0 radical (unpaired) electrons. The molecule has 8 aromatic carbocycles. The summed E-state index contributed by atoms with van der Waals surface area (Å²) in [5, 5.41) is 4.97. The van der Waals surface area contributed by atoms with Crippen molar-refractivity contribution in [3.63, 3.8) is 0 Å². The van der Waals surface area contributed by atoms with Crippen molar-refractivity contribution in [3.8, 4) is 27.9 Å². The van der Waals surface area contributed by atoms with Crippen LogP contribution in [0.1, 0.15) is 0 Å². The van der Waals surface area contributed by atoms with E-state index in [1.807, 2.05) is 0 Å². The normalized spacial score (nSPS) is 11.3. The highest BCUT2D eigenvalue weighted by atomic mass is 15.1. The summed E-state index contributed by atoms with van der Waals surface area (Å²) in [7, 11) is 0. The lowest BCUT2D eigenvalue weighted by molar-refractivity contribution is 1.18. The summed E-state index contributed by atoms with van der Waals surface area (Å²) < 4.78 is 2.38. The van der Waals surface area contributed by atoms with Crippen LogP contribution in [0.5, 0.6) is 0 Å². The van der Waals surface area contributed by atoms with E-state index in [-0.39, 0.29) is 0 Å². The Bertz CT molecular complexity index is 2540. The number of benzene rings is 8. The van der Waals surface area contributed by atoms with Gasteiger partial charge >= 0.3 is 0 Å². The smallest absolute Gasteiger partial charge is 0.0547 e. The second kappa shape index (κ2) is 11.8. The molecule has 1 aromatic heterocycles. The van der Waals surface area contributed by atoms with Crippen LogP contribution in [-0.4, -0.2) is 4.57 Å². The zero-order valence-corrected chi connectivity index (χ0v) is 26.4. The third-order valence-electron chi connectivity index (χ3n) is 9.38. The van der Waals surface area contributed by atoms with Crippen molar-refractivity contribution in [1.82, 2.24) is 4.57 Å². The Morgan fingerprint density at radius 3 is 1.77 bits per heavy atom. The molecule has 0 aliphatic carbocycles. The van der Waals surface area contributed by atoms with E-state index in [1.54, 1.807) is 0 Å². The molecule has 9 aromatic rings. The summed E-state index contributed by atoms with van der Waals surface area (Å²) in [5.74, 6) is 0. The predicted molar refractivity (Wildman–Crippen MR) is 204 cm³/mol. The molecule has 0 saturated carbocycles. The van der Waals surface area contributed by atoms with Crippen molar-refractivity contribution in [2.24, 2.45) is 0 Å². The highest BCUT2D eigenvalue weighted by Crippen LogP contribution is 2.43. The Hall–Kier alpha value is -6.38. The van der Waals surface area contributed by atoms with Crippen LogP contribution >= 0.6 is 0 Å². The highest BCUT2D eigenvalue weighted by molar-refractivity contribution is 6.10. The van der Waals surface area contributed by atoms with Crippen LogP contribution in [0.15, 0.2) is 194 Å². The number of hydrogen-bond donors (Lipinski definition) is 0. The number of rotatable bonds is 6. The molecule has 0 amide bonds. The first-order chi connectivity index (χ1) is 23.8. The molecule has 0 aliphatic rings. The summed E-state index contributed by atoms with van der Waals surface area (Å²) in [5.41, 5.74) is 11.8. The molecule has 0 aliphatic heterocycles. The minimum Gasteiger partial charge on any atom is -0.309 e. The summed E-state index contributed by atoms with van der Waals surface area (Å²) in [6.07, 6.45) is 0. The van der Waals surface area contributed by atoms with E-state index < -0.39 is 0 Å². The van der Waals surface area contributed by atoms with Gasteiger partial charge in [0.05, 0.1) is 22.4 Å². The van der Waals surface area contributed by atoms with E-state index >= 15 is 0 Å². The fourth-order valence-corrected chi connectivity index (χ4v) is 7.15. The van der Waals surface area contributed by atoms with E-state index in [4.69, 9.17) is 0 Å². The van der Waals surface area contributed by atoms with E-state index in [0.717, 1.165) is 17.1 Å². The van der Waals surface area contributed by atoms with Gasteiger partial charge in [0, 0.05) is 33.1 Å². The maximum Gasteiger partial charge on any atom is 0.0547 e. The number of aromatic nitrogens is 1. The molecule has 0 N–H and O–H groups in total. The topological polar surface area (TPSA) is 8.17 Å². The molecule has 226 valence electrons. The molecule has 48 heavy (non-hydrogen) atoms. The zero-order chi connectivity index (χ0) is 31.9. The summed E-state index contributed by atoms with van der Waals surface area (Å²) in [6, 6.07) is 69.8. The Kier molecular flexibility index (Phi) is 6.84. The molecule has 9 rings (SSSR count). The van der Waals surface area contributed by atoms with Gasteiger partial charge in [-0.1, -0.05) is 146 Å². The van der Waals surface area contributed by atoms with Crippen LogP contribution in [0.25, 0.3) is 60.5 Å². The standard InChI is InChI=1S/C46H32N2/c1-3-16-37(17-4-1)47(44-25-13-15-34-14-7-8-20-39(34)44)43-23-11-9-21-40(43)35-28-26-33(27-29-35)36-30-31-42-41-22-10-12-24-45(41)48(46(42)32-36)38-18-5-2-6-19-38/h1-32H. The maximum atomic E-state index is 2.39. The zero-order valence-electron chi connectivity index (χ0n) is 26.4. The van der Waals surface area contributed by atoms with Crippen molar-refractivity contribution >= 4 is 49.6 Å². The molecule has 2 nitrogen and oxygen atoms in total. The number of hydrogen-bond acceptors (Lipinski definition) is 1. The first kappa shape index (κ1) is 27.9. The minimum absolute atomic E-state index is 1.13. The molecule has 0 spiro atoms. The van der Waals surface area contributed by atoms with E-state index in [1.165, 1.54) is 60.5 Å². The van der Waals surface area contributed by atoms with Crippen LogP contribution in [0, 0.1) is 0 Å². The lowest BCUT2D eigenvalue weighted by Gasteiger charge is -2.29. The second-order valence-corrected chi connectivity index (χ2v) is 12.2. The first-order valence-electron chi connectivity index (χ1n) is 16.4. The monoisotopic (exact) mass is 612 g/mol. The van der Waals surface area contributed by atoms with E-state index in [9.17, 15) is 0 Å². The largest absolute Gasteiger partial charge is 0.309 e. The average molecular weight is 613 g/mol. The molecule has 0 saturated heterocycles. The van der Waals surface area contributed by atoms with Crippen LogP contribution in [0.2, 0.25) is 0 Å². The van der Waals surface area contributed by atoms with Gasteiger partial charge < -0.3 is 9.47 Å². The predicted octanol–water partition coefficient (Wildman–Crippen LogP) is 12.7. The van der Waals surface area contributed by atoms with Gasteiger partial charge in [0.1, 0.15) is 0 Å². The van der Waals surface area contributed by atoms with Gasteiger partial charge in [0.25, 0.3) is 0 Å². The third-order valence-corrected chi connectivity index (χ3v) is 9.38. The lowest BCUT2D eigenvalue weighted by atomic mass is 9.97. The van der Waals surface area contributed by atoms with Gasteiger partial charge in [-0.05, 0) is 70.6 Å². The third kappa shape index (κ3) is 4.74. The van der Waals surface area contributed by atoms with Crippen molar-refractivity contribution in [2.75, 3.05) is 4.90 Å². The summed E-state index contributed by atoms with van der Waals surface area (Å²) in [4.78, 5) is 2.39. The van der Waals surface area contributed by atoms with Crippen LogP contribution < -0.4 is 4.90 Å². The van der Waals surface area contributed by atoms with Gasteiger partial charge in [-0.25, -0.2) is 0 Å². The average Bonchev–Trinajstić information content (AvgIpc) is 3.50. The van der Waals surface area contributed by atoms with Gasteiger partial charge in [-0.3, -0.25) is 0 Å². The van der Waals surface area contributed by atoms with Gasteiger partial charge in [-0.15, -0.1) is 0 Å². The SMILES string of the molecule is c1ccc(N(c2ccccc2-c2ccc(-c3ccc4c5ccccc5n(-c5ccccc5)c4c3)cc2)c2cccc3ccccc23)cc1. The Balaban J connectivity index is 1.16. The van der Waals surface area contributed by atoms with Gasteiger partial charge in [0.2, 0.25) is 0 Å². The highest BCUT2D eigenvalue weighted by Gasteiger charge is 2.19.